The van der Waals surface area contributed by atoms with E-state index in [2.05, 4.69) is 5.32 Å². The molecule has 0 aliphatic carbocycles. The van der Waals surface area contributed by atoms with Gasteiger partial charge in [0.15, 0.2) is 0 Å². The molecule has 1 saturated heterocycles. The van der Waals surface area contributed by atoms with Gasteiger partial charge in [0.25, 0.3) is 0 Å². The summed E-state index contributed by atoms with van der Waals surface area (Å²) in [5.41, 5.74) is 0.987. The fourth-order valence-corrected chi connectivity index (χ4v) is 2.40. The smallest absolute Gasteiger partial charge is 0.225 e. The van der Waals surface area contributed by atoms with E-state index in [-0.39, 0.29) is 30.0 Å². The van der Waals surface area contributed by atoms with E-state index < -0.39 is 0 Å². The Labute approximate surface area is 118 Å². The molecule has 20 heavy (non-hydrogen) atoms. The molecule has 0 bridgehead atoms. The first-order chi connectivity index (χ1) is 9.60. The van der Waals surface area contributed by atoms with Gasteiger partial charge in [-0.05, 0) is 31.0 Å². The zero-order valence-corrected chi connectivity index (χ0v) is 11.6. The predicted molar refractivity (Wildman–Crippen MR) is 73.5 cm³/mol. The van der Waals surface area contributed by atoms with Gasteiger partial charge >= 0.3 is 0 Å². The number of amides is 2. The first-order valence-electron chi connectivity index (χ1n) is 6.90. The van der Waals surface area contributed by atoms with Crippen LogP contribution in [0, 0.1) is 11.7 Å². The molecule has 1 aliphatic rings. The standard InChI is InChI=1S/C15H19FN2O2/c1-2-17-15(20)12-9-14(19)18(10-12)8-7-11-3-5-13(16)6-4-11/h3-6,12H,2,7-10H2,1H3,(H,17,20). The lowest BCUT2D eigenvalue weighted by Gasteiger charge is -2.16. The Bertz CT molecular complexity index is 487. The average Bonchev–Trinajstić information content (AvgIpc) is 2.80. The van der Waals surface area contributed by atoms with Crippen molar-refractivity contribution < 1.29 is 14.0 Å². The maximum Gasteiger partial charge on any atom is 0.225 e. The number of benzene rings is 1. The van der Waals surface area contributed by atoms with E-state index in [1.54, 1.807) is 17.0 Å². The van der Waals surface area contributed by atoms with Crippen LogP contribution in [0.4, 0.5) is 4.39 Å². The van der Waals surface area contributed by atoms with Crippen LogP contribution in [0.1, 0.15) is 18.9 Å². The van der Waals surface area contributed by atoms with Gasteiger partial charge in [-0.2, -0.15) is 0 Å². The Morgan fingerprint density at radius 1 is 1.40 bits per heavy atom. The van der Waals surface area contributed by atoms with Gasteiger partial charge in [-0.15, -0.1) is 0 Å². The van der Waals surface area contributed by atoms with Gasteiger partial charge in [0.2, 0.25) is 11.8 Å². The van der Waals surface area contributed by atoms with E-state index in [1.807, 2.05) is 6.92 Å². The third-order valence-electron chi connectivity index (χ3n) is 3.52. The number of nitrogens with one attached hydrogen (secondary N) is 1. The lowest BCUT2D eigenvalue weighted by molar-refractivity contribution is -0.129. The highest BCUT2D eigenvalue weighted by molar-refractivity contribution is 5.89. The molecular formula is C15H19FN2O2. The van der Waals surface area contributed by atoms with E-state index in [9.17, 15) is 14.0 Å². The topological polar surface area (TPSA) is 49.4 Å². The molecule has 1 heterocycles. The van der Waals surface area contributed by atoms with Crippen molar-refractivity contribution in [1.29, 1.82) is 0 Å². The summed E-state index contributed by atoms with van der Waals surface area (Å²) < 4.78 is 12.8. The van der Waals surface area contributed by atoms with Crippen molar-refractivity contribution in [3.05, 3.63) is 35.6 Å². The molecule has 1 fully saturated rings. The summed E-state index contributed by atoms with van der Waals surface area (Å²) in [6.45, 7) is 3.49. The van der Waals surface area contributed by atoms with Gasteiger partial charge in [0.1, 0.15) is 5.82 Å². The zero-order valence-electron chi connectivity index (χ0n) is 11.6. The Kier molecular flexibility index (Phi) is 4.71. The Hall–Kier alpha value is -1.91. The Balaban J connectivity index is 1.86. The van der Waals surface area contributed by atoms with Crippen molar-refractivity contribution in [3.63, 3.8) is 0 Å². The monoisotopic (exact) mass is 278 g/mol. The second kappa shape index (κ2) is 6.50. The number of likely N-dealkylation sites (tertiary alicyclic amines) is 1. The maximum atomic E-state index is 12.8. The maximum absolute atomic E-state index is 12.8. The number of rotatable bonds is 5. The number of hydrogen-bond acceptors (Lipinski definition) is 2. The lowest BCUT2D eigenvalue weighted by Crippen LogP contribution is -2.33. The SMILES string of the molecule is CCNC(=O)C1CC(=O)N(CCc2ccc(F)cc2)C1. The van der Waals surface area contributed by atoms with Gasteiger partial charge in [-0.1, -0.05) is 12.1 Å². The average molecular weight is 278 g/mol. The molecule has 0 spiro atoms. The second-order valence-electron chi connectivity index (χ2n) is 5.01. The summed E-state index contributed by atoms with van der Waals surface area (Å²) in [5.74, 6) is -0.536. The van der Waals surface area contributed by atoms with Crippen LogP contribution in [-0.2, 0) is 16.0 Å². The minimum Gasteiger partial charge on any atom is -0.356 e. The number of carbonyl (C=O) groups is 2. The van der Waals surface area contributed by atoms with Gasteiger partial charge in [0, 0.05) is 26.1 Å². The number of halogens is 1. The minimum absolute atomic E-state index is 0.0170. The zero-order chi connectivity index (χ0) is 14.5. The highest BCUT2D eigenvalue weighted by Crippen LogP contribution is 2.18. The van der Waals surface area contributed by atoms with Crippen LogP contribution in [0.3, 0.4) is 0 Å². The van der Waals surface area contributed by atoms with Crippen LogP contribution in [-0.4, -0.2) is 36.3 Å². The van der Waals surface area contributed by atoms with Crippen molar-refractivity contribution in [2.75, 3.05) is 19.6 Å². The van der Waals surface area contributed by atoms with Gasteiger partial charge in [-0.25, -0.2) is 4.39 Å². The molecule has 2 rings (SSSR count). The van der Waals surface area contributed by atoms with Crippen molar-refractivity contribution in [1.82, 2.24) is 10.2 Å². The van der Waals surface area contributed by atoms with E-state index in [0.717, 1.165) is 5.56 Å². The fraction of sp³-hybridized carbons (Fsp3) is 0.467. The van der Waals surface area contributed by atoms with Crippen LogP contribution in [0.25, 0.3) is 0 Å². The van der Waals surface area contributed by atoms with Crippen LogP contribution < -0.4 is 5.32 Å². The van der Waals surface area contributed by atoms with E-state index in [0.29, 0.717) is 26.1 Å². The van der Waals surface area contributed by atoms with Gasteiger partial charge in [0.05, 0.1) is 5.92 Å². The summed E-state index contributed by atoms with van der Waals surface area (Å²) in [6, 6.07) is 6.27. The normalized spacial score (nSPS) is 18.4. The summed E-state index contributed by atoms with van der Waals surface area (Å²) in [4.78, 5) is 25.3. The molecule has 0 saturated carbocycles. The lowest BCUT2D eigenvalue weighted by atomic mass is 10.1. The highest BCUT2D eigenvalue weighted by atomic mass is 19.1. The minimum atomic E-state index is -0.262. The first kappa shape index (κ1) is 14.5. The molecule has 108 valence electrons. The summed E-state index contributed by atoms with van der Waals surface area (Å²) >= 11 is 0. The molecule has 1 atom stereocenters. The van der Waals surface area contributed by atoms with E-state index in [1.165, 1.54) is 12.1 Å². The number of carbonyl (C=O) groups excluding carboxylic acids is 2. The van der Waals surface area contributed by atoms with Crippen molar-refractivity contribution in [2.24, 2.45) is 5.92 Å². The van der Waals surface area contributed by atoms with Gasteiger partial charge in [-0.3, -0.25) is 9.59 Å². The largest absolute Gasteiger partial charge is 0.356 e. The van der Waals surface area contributed by atoms with Crippen LogP contribution in [0.5, 0.6) is 0 Å². The molecule has 1 unspecified atom stereocenters. The molecule has 2 amide bonds. The third-order valence-corrected chi connectivity index (χ3v) is 3.52. The fourth-order valence-electron chi connectivity index (χ4n) is 2.40. The molecule has 1 aliphatic heterocycles. The molecular weight excluding hydrogens is 259 g/mol. The van der Waals surface area contributed by atoms with E-state index >= 15 is 0 Å². The highest BCUT2D eigenvalue weighted by Gasteiger charge is 2.33. The van der Waals surface area contributed by atoms with Crippen molar-refractivity contribution in [2.45, 2.75) is 19.8 Å². The quantitative estimate of drug-likeness (QED) is 0.884. The van der Waals surface area contributed by atoms with Crippen LogP contribution >= 0.6 is 0 Å². The van der Waals surface area contributed by atoms with E-state index in [4.69, 9.17) is 0 Å². The van der Waals surface area contributed by atoms with Crippen LogP contribution in [0.2, 0.25) is 0 Å². The molecule has 5 heteroatoms. The molecule has 1 aromatic rings. The molecule has 4 nitrogen and oxygen atoms in total. The Morgan fingerprint density at radius 3 is 2.75 bits per heavy atom. The predicted octanol–water partition coefficient (Wildman–Crippen LogP) is 1.35. The molecule has 0 aromatic heterocycles. The van der Waals surface area contributed by atoms with Gasteiger partial charge < -0.3 is 10.2 Å². The summed E-state index contributed by atoms with van der Waals surface area (Å²) in [6.07, 6.45) is 0.962. The third kappa shape index (κ3) is 3.56. The summed E-state index contributed by atoms with van der Waals surface area (Å²) in [5, 5.41) is 2.75. The Morgan fingerprint density at radius 2 is 2.10 bits per heavy atom. The van der Waals surface area contributed by atoms with Crippen molar-refractivity contribution in [3.8, 4) is 0 Å². The number of nitrogens with zero attached hydrogens (tertiary/aromatic N) is 1. The molecule has 0 radical (unpaired) electrons. The molecule has 1 aromatic carbocycles. The van der Waals surface area contributed by atoms with Crippen molar-refractivity contribution >= 4 is 11.8 Å². The van der Waals surface area contributed by atoms with Crippen LogP contribution in [0.15, 0.2) is 24.3 Å². The molecule has 1 N–H and O–H groups in total. The number of hydrogen-bond donors (Lipinski definition) is 1. The first-order valence-corrected chi connectivity index (χ1v) is 6.90. The second-order valence-corrected chi connectivity index (χ2v) is 5.01. The summed E-state index contributed by atoms with van der Waals surface area (Å²) in [7, 11) is 0.